The maximum Gasteiger partial charge on any atom is 0.128 e. The van der Waals surface area contributed by atoms with Gasteiger partial charge in [0.25, 0.3) is 0 Å². The van der Waals surface area contributed by atoms with Gasteiger partial charge < -0.3 is 10.6 Å². The zero-order valence-electron chi connectivity index (χ0n) is 9.71. The normalized spacial score (nSPS) is 28.1. The van der Waals surface area contributed by atoms with Crippen molar-refractivity contribution < 1.29 is 0 Å². The Morgan fingerprint density at radius 3 is 2.76 bits per heavy atom. The highest BCUT2D eigenvalue weighted by molar-refractivity contribution is 5.43. The molecule has 1 saturated carbocycles. The maximum atomic E-state index is 8.74. The molecule has 4 heteroatoms. The molecule has 0 amide bonds. The Kier molecular flexibility index (Phi) is 2.49. The van der Waals surface area contributed by atoms with Gasteiger partial charge in [-0.2, -0.15) is 5.26 Å². The number of aromatic nitrogens is 1. The quantitative estimate of drug-likeness (QED) is 0.824. The number of rotatable bonds is 2. The van der Waals surface area contributed by atoms with E-state index in [2.05, 4.69) is 16.0 Å². The van der Waals surface area contributed by atoms with Crippen LogP contribution in [0, 0.1) is 23.2 Å². The number of nitrogens with two attached hydrogens (primary N) is 1. The Morgan fingerprint density at radius 1 is 1.35 bits per heavy atom. The lowest BCUT2D eigenvalue weighted by molar-refractivity contribution is 0.456. The molecule has 2 fully saturated rings. The second-order valence-electron chi connectivity index (χ2n) is 5.09. The molecule has 2 atom stereocenters. The van der Waals surface area contributed by atoms with Crippen LogP contribution in [0.5, 0.6) is 0 Å². The summed E-state index contributed by atoms with van der Waals surface area (Å²) in [6.45, 7) is 1.91. The van der Waals surface area contributed by atoms with Crippen LogP contribution >= 0.6 is 0 Å². The van der Waals surface area contributed by atoms with E-state index in [9.17, 15) is 0 Å². The van der Waals surface area contributed by atoms with Gasteiger partial charge in [-0.1, -0.05) is 0 Å². The van der Waals surface area contributed by atoms with Crippen LogP contribution < -0.4 is 10.6 Å². The fraction of sp³-hybridized carbons (Fsp3) is 0.538. The first-order valence-corrected chi connectivity index (χ1v) is 6.14. The van der Waals surface area contributed by atoms with Gasteiger partial charge in [-0.25, -0.2) is 4.98 Å². The SMILES string of the molecule is N#Cc1ccc(N2C[C@@H](N)[C@H](C3CC3)C2)nc1. The van der Waals surface area contributed by atoms with Crippen LogP contribution in [0.4, 0.5) is 5.82 Å². The summed E-state index contributed by atoms with van der Waals surface area (Å²) in [6, 6.07) is 6.10. The minimum atomic E-state index is 0.278. The summed E-state index contributed by atoms with van der Waals surface area (Å²) in [5, 5.41) is 8.74. The van der Waals surface area contributed by atoms with Gasteiger partial charge in [0.1, 0.15) is 11.9 Å². The number of hydrogen-bond acceptors (Lipinski definition) is 4. The number of hydrogen-bond donors (Lipinski definition) is 1. The van der Waals surface area contributed by atoms with Crippen LogP contribution in [0.25, 0.3) is 0 Å². The molecule has 4 nitrogen and oxygen atoms in total. The van der Waals surface area contributed by atoms with Gasteiger partial charge in [0, 0.05) is 25.3 Å². The zero-order valence-corrected chi connectivity index (χ0v) is 9.71. The van der Waals surface area contributed by atoms with E-state index in [1.165, 1.54) is 12.8 Å². The highest BCUT2D eigenvalue weighted by Gasteiger charge is 2.41. The molecule has 0 radical (unpaired) electrons. The molecule has 1 saturated heterocycles. The molecule has 0 unspecified atom stereocenters. The van der Waals surface area contributed by atoms with Crippen molar-refractivity contribution >= 4 is 5.82 Å². The van der Waals surface area contributed by atoms with E-state index in [-0.39, 0.29) is 6.04 Å². The van der Waals surface area contributed by atoms with Crippen molar-refractivity contribution in [1.82, 2.24) is 4.98 Å². The van der Waals surface area contributed by atoms with Gasteiger partial charge in [0.15, 0.2) is 0 Å². The van der Waals surface area contributed by atoms with E-state index in [4.69, 9.17) is 11.0 Å². The molecule has 1 aliphatic carbocycles. The van der Waals surface area contributed by atoms with E-state index in [1.54, 1.807) is 6.20 Å². The minimum absolute atomic E-state index is 0.278. The first-order valence-electron chi connectivity index (χ1n) is 6.14. The number of anilines is 1. The van der Waals surface area contributed by atoms with Crippen molar-refractivity contribution in [2.24, 2.45) is 17.6 Å². The summed E-state index contributed by atoms with van der Waals surface area (Å²) >= 11 is 0. The van der Waals surface area contributed by atoms with E-state index in [0.29, 0.717) is 11.5 Å². The molecule has 3 rings (SSSR count). The minimum Gasteiger partial charge on any atom is -0.355 e. The van der Waals surface area contributed by atoms with Crippen LogP contribution in [0.1, 0.15) is 18.4 Å². The van der Waals surface area contributed by atoms with Crippen molar-refractivity contribution in [3.63, 3.8) is 0 Å². The molecule has 0 spiro atoms. The van der Waals surface area contributed by atoms with Crippen LogP contribution in [0.2, 0.25) is 0 Å². The number of nitrogens with zero attached hydrogens (tertiary/aromatic N) is 3. The average molecular weight is 228 g/mol. The van der Waals surface area contributed by atoms with Crippen molar-refractivity contribution in [3.8, 4) is 6.07 Å². The smallest absolute Gasteiger partial charge is 0.128 e. The molecular weight excluding hydrogens is 212 g/mol. The van der Waals surface area contributed by atoms with Gasteiger partial charge in [0.2, 0.25) is 0 Å². The van der Waals surface area contributed by atoms with Crippen LogP contribution in [0.15, 0.2) is 18.3 Å². The largest absolute Gasteiger partial charge is 0.355 e. The van der Waals surface area contributed by atoms with Crippen molar-refractivity contribution in [1.29, 1.82) is 5.26 Å². The van der Waals surface area contributed by atoms with E-state index in [1.807, 2.05) is 12.1 Å². The van der Waals surface area contributed by atoms with Gasteiger partial charge in [-0.15, -0.1) is 0 Å². The standard InChI is InChI=1S/C13H16N4/c14-5-9-1-4-13(16-6-9)17-7-11(10-2-3-10)12(15)8-17/h1,4,6,10-12H,2-3,7-8,15H2/t11-,12+/m0/s1. The molecule has 1 aromatic rings. The summed E-state index contributed by atoms with van der Waals surface area (Å²) in [5.41, 5.74) is 6.79. The summed E-state index contributed by atoms with van der Waals surface area (Å²) < 4.78 is 0. The lowest BCUT2D eigenvalue weighted by Crippen LogP contribution is -2.30. The molecule has 0 bridgehead atoms. The Hall–Kier alpha value is -1.60. The second-order valence-corrected chi connectivity index (χ2v) is 5.09. The Morgan fingerprint density at radius 2 is 2.18 bits per heavy atom. The monoisotopic (exact) mass is 228 g/mol. The lowest BCUT2D eigenvalue weighted by Gasteiger charge is -2.16. The molecule has 0 aromatic carbocycles. The van der Waals surface area contributed by atoms with Gasteiger partial charge in [-0.3, -0.25) is 0 Å². The highest BCUT2D eigenvalue weighted by Crippen LogP contribution is 2.41. The molecular formula is C13H16N4. The van der Waals surface area contributed by atoms with Gasteiger partial charge >= 0.3 is 0 Å². The molecule has 2 aliphatic rings. The molecule has 88 valence electrons. The van der Waals surface area contributed by atoms with E-state index >= 15 is 0 Å². The van der Waals surface area contributed by atoms with Gasteiger partial charge in [0.05, 0.1) is 5.56 Å². The number of nitriles is 1. The van der Waals surface area contributed by atoms with Crippen molar-refractivity contribution in [2.45, 2.75) is 18.9 Å². The summed E-state index contributed by atoms with van der Waals surface area (Å²) in [5.74, 6) is 2.42. The summed E-state index contributed by atoms with van der Waals surface area (Å²) in [6.07, 6.45) is 4.31. The van der Waals surface area contributed by atoms with Crippen LogP contribution in [-0.2, 0) is 0 Å². The second kappa shape index (κ2) is 4.01. The third kappa shape index (κ3) is 1.98. The fourth-order valence-electron chi connectivity index (χ4n) is 2.70. The Labute approximate surface area is 101 Å². The molecule has 2 N–H and O–H groups in total. The van der Waals surface area contributed by atoms with Gasteiger partial charge in [-0.05, 0) is 36.8 Å². The maximum absolute atomic E-state index is 8.74. The highest BCUT2D eigenvalue weighted by atomic mass is 15.2. The van der Waals surface area contributed by atoms with E-state index < -0.39 is 0 Å². The first-order chi connectivity index (χ1) is 8.28. The Balaban J connectivity index is 1.74. The topological polar surface area (TPSA) is 65.9 Å². The third-order valence-electron chi connectivity index (χ3n) is 3.84. The third-order valence-corrected chi connectivity index (χ3v) is 3.84. The van der Waals surface area contributed by atoms with Crippen molar-refractivity contribution in [2.75, 3.05) is 18.0 Å². The summed E-state index contributed by atoms with van der Waals surface area (Å²) in [7, 11) is 0. The molecule has 1 aliphatic heterocycles. The predicted molar refractivity (Wildman–Crippen MR) is 65.4 cm³/mol. The first kappa shape index (κ1) is 10.5. The van der Waals surface area contributed by atoms with Crippen LogP contribution in [-0.4, -0.2) is 24.1 Å². The average Bonchev–Trinajstić information content (AvgIpc) is 3.13. The molecule has 17 heavy (non-hydrogen) atoms. The predicted octanol–water partition coefficient (Wildman–Crippen LogP) is 1.13. The number of pyridine rings is 1. The fourth-order valence-corrected chi connectivity index (χ4v) is 2.70. The van der Waals surface area contributed by atoms with Crippen molar-refractivity contribution in [3.05, 3.63) is 23.9 Å². The molecule has 1 aromatic heterocycles. The van der Waals surface area contributed by atoms with E-state index in [0.717, 1.165) is 24.8 Å². The van der Waals surface area contributed by atoms with Crippen LogP contribution in [0.3, 0.4) is 0 Å². The zero-order chi connectivity index (χ0) is 11.8. The summed E-state index contributed by atoms with van der Waals surface area (Å²) in [4.78, 5) is 6.57. The lowest BCUT2D eigenvalue weighted by atomic mass is 9.99. The molecule has 2 heterocycles. The Bertz CT molecular complexity index is 443.